The molecule has 0 aliphatic carbocycles. The van der Waals surface area contributed by atoms with Crippen LogP contribution in [0.3, 0.4) is 0 Å². The molecule has 0 atom stereocenters. The zero-order valence-corrected chi connectivity index (χ0v) is 11.8. The summed E-state index contributed by atoms with van der Waals surface area (Å²) in [5.41, 5.74) is 6.35. The number of aryl methyl sites for hydroxylation is 1. The number of hydrogen-bond acceptors (Lipinski definition) is 3. The van der Waals surface area contributed by atoms with Crippen molar-refractivity contribution >= 4 is 11.7 Å². The summed E-state index contributed by atoms with van der Waals surface area (Å²) in [6.07, 6.45) is 3.72. The Morgan fingerprint density at radius 3 is 2.44 bits per heavy atom. The Morgan fingerprint density at radius 2 is 2.06 bits per heavy atom. The molecule has 5 heteroatoms. The van der Waals surface area contributed by atoms with Crippen LogP contribution in [0.1, 0.15) is 44.0 Å². The van der Waals surface area contributed by atoms with Crippen molar-refractivity contribution < 1.29 is 4.79 Å². The van der Waals surface area contributed by atoms with E-state index in [0.29, 0.717) is 23.8 Å². The number of nitrogens with zero attached hydrogens (tertiary/aromatic N) is 3. The zero-order valence-electron chi connectivity index (χ0n) is 11.8. The van der Waals surface area contributed by atoms with Crippen molar-refractivity contribution in [3.05, 3.63) is 11.8 Å². The molecule has 0 saturated heterocycles. The van der Waals surface area contributed by atoms with E-state index in [1.807, 2.05) is 11.8 Å². The minimum Gasteiger partial charge on any atom is -0.383 e. The van der Waals surface area contributed by atoms with Crippen LogP contribution in [-0.2, 0) is 7.05 Å². The number of nitrogens with two attached hydrogens (primary N) is 1. The third-order valence-corrected chi connectivity index (χ3v) is 3.52. The van der Waals surface area contributed by atoms with Gasteiger partial charge in [-0.3, -0.25) is 9.48 Å². The van der Waals surface area contributed by atoms with E-state index in [0.717, 1.165) is 19.4 Å². The van der Waals surface area contributed by atoms with Gasteiger partial charge in [0.15, 0.2) is 0 Å². The highest BCUT2D eigenvalue weighted by atomic mass is 16.2. The van der Waals surface area contributed by atoms with Crippen LogP contribution in [0, 0.1) is 5.92 Å². The molecule has 0 aliphatic heterocycles. The van der Waals surface area contributed by atoms with E-state index in [-0.39, 0.29) is 5.91 Å². The van der Waals surface area contributed by atoms with Gasteiger partial charge in [-0.1, -0.05) is 26.7 Å². The Bertz CT molecular complexity index is 396. The van der Waals surface area contributed by atoms with Crippen molar-refractivity contribution in [2.45, 2.75) is 33.6 Å². The van der Waals surface area contributed by atoms with Crippen LogP contribution in [0.4, 0.5) is 5.82 Å². The van der Waals surface area contributed by atoms with Gasteiger partial charge < -0.3 is 10.6 Å². The van der Waals surface area contributed by atoms with Crippen molar-refractivity contribution in [3.63, 3.8) is 0 Å². The second kappa shape index (κ2) is 6.42. The number of carbonyl (C=O) groups excluding carboxylic acids is 1. The first kappa shape index (κ1) is 14.5. The fourth-order valence-electron chi connectivity index (χ4n) is 2.00. The van der Waals surface area contributed by atoms with Crippen LogP contribution in [0.15, 0.2) is 6.20 Å². The summed E-state index contributed by atoms with van der Waals surface area (Å²) in [5.74, 6) is 0.963. The van der Waals surface area contributed by atoms with Crippen LogP contribution in [0.2, 0.25) is 0 Å². The molecule has 0 radical (unpaired) electrons. The average Bonchev–Trinajstić information content (AvgIpc) is 2.71. The second-order valence-electron chi connectivity index (χ2n) is 4.59. The van der Waals surface area contributed by atoms with Crippen molar-refractivity contribution in [1.82, 2.24) is 14.7 Å². The predicted octanol–water partition coefficient (Wildman–Crippen LogP) is 1.90. The highest BCUT2D eigenvalue weighted by Gasteiger charge is 2.21. The standard InChI is InChI=1S/C13H24N4O/c1-5-10(6-2)9-17(7-3)13(18)11-8-15-16(4)12(11)14/h8,10H,5-7,9,14H2,1-4H3. The Morgan fingerprint density at radius 1 is 1.44 bits per heavy atom. The summed E-state index contributed by atoms with van der Waals surface area (Å²) >= 11 is 0. The second-order valence-corrected chi connectivity index (χ2v) is 4.59. The molecular formula is C13H24N4O. The summed E-state index contributed by atoms with van der Waals surface area (Å²) in [4.78, 5) is 14.2. The average molecular weight is 252 g/mol. The van der Waals surface area contributed by atoms with Gasteiger partial charge in [-0.2, -0.15) is 5.10 Å². The molecule has 0 aromatic carbocycles. The highest BCUT2D eigenvalue weighted by molar-refractivity contribution is 5.98. The monoisotopic (exact) mass is 252 g/mol. The van der Waals surface area contributed by atoms with Crippen molar-refractivity contribution in [2.24, 2.45) is 13.0 Å². The Labute approximate surface area is 109 Å². The first-order chi connectivity index (χ1) is 8.54. The summed E-state index contributed by atoms with van der Waals surface area (Å²) in [6, 6.07) is 0. The number of nitrogen functional groups attached to an aromatic ring is 1. The van der Waals surface area contributed by atoms with Crippen LogP contribution >= 0.6 is 0 Å². The fourth-order valence-corrected chi connectivity index (χ4v) is 2.00. The molecule has 0 fully saturated rings. The molecule has 18 heavy (non-hydrogen) atoms. The first-order valence-electron chi connectivity index (χ1n) is 6.61. The summed E-state index contributed by atoms with van der Waals surface area (Å²) in [7, 11) is 1.74. The molecule has 0 aliphatic rings. The van der Waals surface area contributed by atoms with E-state index in [1.54, 1.807) is 13.2 Å². The van der Waals surface area contributed by atoms with Gasteiger partial charge in [-0.15, -0.1) is 0 Å². The number of hydrogen-bond donors (Lipinski definition) is 1. The maximum Gasteiger partial charge on any atom is 0.259 e. The molecule has 102 valence electrons. The van der Waals surface area contributed by atoms with E-state index in [2.05, 4.69) is 18.9 Å². The summed E-state index contributed by atoms with van der Waals surface area (Å²) in [6.45, 7) is 7.79. The molecule has 0 bridgehead atoms. The molecular weight excluding hydrogens is 228 g/mol. The van der Waals surface area contributed by atoms with Crippen molar-refractivity contribution in [2.75, 3.05) is 18.8 Å². The maximum absolute atomic E-state index is 12.4. The van der Waals surface area contributed by atoms with Crippen LogP contribution in [0.25, 0.3) is 0 Å². The molecule has 0 saturated carbocycles. The van der Waals surface area contributed by atoms with Gasteiger partial charge >= 0.3 is 0 Å². The molecule has 5 nitrogen and oxygen atoms in total. The van der Waals surface area contributed by atoms with E-state index >= 15 is 0 Å². The summed E-state index contributed by atoms with van der Waals surface area (Å²) in [5, 5.41) is 4.02. The van der Waals surface area contributed by atoms with Gasteiger partial charge in [0.25, 0.3) is 5.91 Å². The number of amides is 1. The zero-order chi connectivity index (χ0) is 13.7. The fraction of sp³-hybridized carbons (Fsp3) is 0.692. The number of rotatable bonds is 6. The van der Waals surface area contributed by atoms with Gasteiger partial charge in [0, 0.05) is 20.1 Å². The number of aromatic nitrogens is 2. The van der Waals surface area contributed by atoms with E-state index < -0.39 is 0 Å². The van der Waals surface area contributed by atoms with Gasteiger partial charge in [-0.05, 0) is 12.8 Å². The van der Waals surface area contributed by atoms with Gasteiger partial charge in [0.2, 0.25) is 0 Å². The van der Waals surface area contributed by atoms with Gasteiger partial charge in [-0.25, -0.2) is 0 Å². The third kappa shape index (κ3) is 3.03. The lowest BCUT2D eigenvalue weighted by Gasteiger charge is -2.25. The van der Waals surface area contributed by atoms with Crippen LogP contribution in [-0.4, -0.2) is 33.7 Å². The van der Waals surface area contributed by atoms with Crippen LogP contribution in [0.5, 0.6) is 0 Å². The molecule has 1 heterocycles. The quantitative estimate of drug-likeness (QED) is 0.841. The Kier molecular flexibility index (Phi) is 5.19. The minimum atomic E-state index is -0.0185. The largest absolute Gasteiger partial charge is 0.383 e. The van der Waals surface area contributed by atoms with Crippen molar-refractivity contribution in [1.29, 1.82) is 0 Å². The van der Waals surface area contributed by atoms with Gasteiger partial charge in [0.05, 0.1) is 6.20 Å². The molecule has 1 rings (SSSR count). The van der Waals surface area contributed by atoms with E-state index in [1.165, 1.54) is 4.68 Å². The smallest absolute Gasteiger partial charge is 0.259 e. The first-order valence-corrected chi connectivity index (χ1v) is 6.61. The molecule has 2 N–H and O–H groups in total. The lowest BCUT2D eigenvalue weighted by molar-refractivity contribution is 0.0736. The molecule has 1 aromatic rings. The highest BCUT2D eigenvalue weighted by Crippen LogP contribution is 2.16. The lowest BCUT2D eigenvalue weighted by Crippen LogP contribution is -2.35. The minimum absolute atomic E-state index is 0.0185. The number of carbonyl (C=O) groups is 1. The van der Waals surface area contributed by atoms with Crippen LogP contribution < -0.4 is 5.73 Å². The van der Waals surface area contributed by atoms with E-state index in [4.69, 9.17) is 5.73 Å². The van der Waals surface area contributed by atoms with Crippen molar-refractivity contribution in [3.8, 4) is 0 Å². The molecule has 0 unspecified atom stereocenters. The normalized spacial score (nSPS) is 10.9. The van der Waals surface area contributed by atoms with Gasteiger partial charge in [0.1, 0.15) is 11.4 Å². The molecule has 1 aromatic heterocycles. The molecule has 1 amide bonds. The maximum atomic E-state index is 12.4. The summed E-state index contributed by atoms with van der Waals surface area (Å²) < 4.78 is 1.53. The predicted molar refractivity (Wildman–Crippen MR) is 73.3 cm³/mol. The third-order valence-electron chi connectivity index (χ3n) is 3.52. The Balaban J connectivity index is 2.82. The molecule has 0 spiro atoms. The SMILES string of the molecule is CCC(CC)CN(CC)C(=O)c1cnn(C)c1N. The lowest BCUT2D eigenvalue weighted by atomic mass is 10.0. The van der Waals surface area contributed by atoms with E-state index in [9.17, 15) is 4.79 Å². The Hall–Kier alpha value is -1.52. The number of anilines is 1. The topological polar surface area (TPSA) is 64.2 Å².